The summed E-state index contributed by atoms with van der Waals surface area (Å²) in [7, 11) is 0. The van der Waals surface area contributed by atoms with Crippen LogP contribution in [0.25, 0.3) is 11.0 Å². The molecule has 0 aliphatic carbocycles. The Hall–Kier alpha value is -2.57. The monoisotopic (exact) mass is 395 g/mol. The van der Waals surface area contributed by atoms with Gasteiger partial charge in [0.25, 0.3) is 0 Å². The molecule has 3 aliphatic heterocycles. The number of imidazole rings is 1. The lowest BCUT2D eigenvalue weighted by Gasteiger charge is -2.28. The number of carbonyl (C=O) groups excluding carboxylic acids is 2. The third-order valence-electron chi connectivity index (χ3n) is 6.76. The molecule has 0 radical (unpaired) electrons. The van der Waals surface area contributed by atoms with Crippen LogP contribution < -0.4 is 10.2 Å². The average molecular weight is 396 g/mol. The normalized spacial score (nSPS) is 27.0. The zero-order chi connectivity index (χ0) is 20.1. The van der Waals surface area contributed by atoms with Crippen LogP contribution >= 0.6 is 0 Å². The van der Waals surface area contributed by atoms with Gasteiger partial charge >= 0.3 is 0 Å². The summed E-state index contributed by atoms with van der Waals surface area (Å²) in [6, 6.07) is 8.65. The van der Waals surface area contributed by atoms with Gasteiger partial charge in [0.05, 0.1) is 11.0 Å². The fraction of sp³-hybridized carbons (Fsp3) is 0.591. The van der Waals surface area contributed by atoms with Crippen molar-refractivity contribution in [3.8, 4) is 0 Å². The number of carbonyl (C=O) groups is 2. The summed E-state index contributed by atoms with van der Waals surface area (Å²) in [4.78, 5) is 34.2. The molecule has 0 saturated carbocycles. The molecule has 3 unspecified atom stereocenters. The third-order valence-corrected chi connectivity index (χ3v) is 6.76. The van der Waals surface area contributed by atoms with E-state index in [0.29, 0.717) is 30.8 Å². The largest absolute Gasteiger partial charge is 0.355 e. The Morgan fingerprint density at radius 2 is 1.86 bits per heavy atom. The van der Waals surface area contributed by atoms with Crippen LogP contribution in [-0.2, 0) is 9.59 Å². The van der Waals surface area contributed by atoms with Gasteiger partial charge in [-0.25, -0.2) is 4.98 Å². The molecule has 1 aromatic heterocycles. The zero-order valence-corrected chi connectivity index (χ0v) is 17.2. The van der Waals surface area contributed by atoms with E-state index in [9.17, 15) is 9.59 Å². The van der Waals surface area contributed by atoms with Crippen LogP contribution in [0.2, 0.25) is 0 Å². The van der Waals surface area contributed by atoms with Crippen molar-refractivity contribution >= 4 is 28.8 Å². The highest BCUT2D eigenvalue weighted by Gasteiger charge is 2.45. The van der Waals surface area contributed by atoms with Crippen LogP contribution in [-0.4, -0.2) is 59.0 Å². The van der Waals surface area contributed by atoms with Crippen molar-refractivity contribution in [3.05, 3.63) is 24.3 Å². The maximum Gasteiger partial charge on any atom is 0.235 e. The molecule has 4 heterocycles. The van der Waals surface area contributed by atoms with Crippen molar-refractivity contribution in [2.24, 2.45) is 17.8 Å². The first kappa shape index (κ1) is 18.5. The molecule has 1 N–H and O–H groups in total. The average Bonchev–Trinajstić information content (AvgIpc) is 3.38. The smallest absolute Gasteiger partial charge is 0.235 e. The fourth-order valence-electron chi connectivity index (χ4n) is 5.33. The lowest BCUT2D eigenvalue weighted by atomic mass is 9.97. The van der Waals surface area contributed by atoms with Gasteiger partial charge in [-0.2, -0.15) is 0 Å². The van der Waals surface area contributed by atoms with Crippen LogP contribution in [0.1, 0.15) is 32.7 Å². The molecule has 3 fully saturated rings. The summed E-state index contributed by atoms with van der Waals surface area (Å²) in [5.41, 5.74) is 2.21. The molecule has 3 aliphatic rings. The number of likely N-dealkylation sites (tertiary alicyclic amines) is 1. The molecule has 154 valence electrons. The van der Waals surface area contributed by atoms with E-state index in [1.165, 1.54) is 5.52 Å². The minimum Gasteiger partial charge on any atom is -0.355 e. The fourth-order valence-corrected chi connectivity index (χ4v) is 5.33. The molecule has 7 heteroatoms. The number of benzene rings is 1. The van der Waals surface area contributed by atoms with Gasteiger partial charge in [0.1, 0.15) is 5.92 Å². The van der Waals surface area contributed by atoms with Crippen LogP contribution in [0, 0.1) is 17.8 Å². The Morgan fingerprint density at radius 3 is 2.55 bits per heavy atom. The maximum atomic E-state index is 12.9. The molecular formula is C22H29N5O2. The second-order valence-electron chi connectivity index (χ2n) is 9.02. The van der Waals surface area contributed by atoms with E-state index in [2.05, 4.69) is 46.8 Å². The van der Waals surface area contributed by atoms with Crippen molar-refractivity contribution in [1.29, 1.82) is 0 Å². The van der Waals surface area contributed by atoms with Crippen LogP contribution in [0.5, 0.6) is 0 Å². The summed E-state index contributed by atoms with van der Waals surface area (Å²) >= 11 is 0. The summed E-state index contributed by atoms with van der Waals surface area (Å²) in [5.74, 6) is 1.39. The van der Waals surface area contributed by atoms with Crippen molar-refractivity contribution < 1.29 is 9.59 Å². The van der Waals surface area contributed by atoms with Crippen LogP contribution in [0.4, 0.5) is 5.95 Å². The van der Waals surface area contributed by atoms with E-state index in [4.69, 9.17) is 4.98 Å². The van der Waals surface area contributed by atoms with Crippen molar-refractivity contribution in [2.75, 3.05) is 37.6 Å². The van der Waals surface area contributed by atoms with Gasteiger partial charge in [-0.3, -0.25) is 9.59 Å². The first-order valence-corrected chi connectivity index (χ1v) is 10.8. The third kappa shape index (κ3) is 3.07. The summed E-state index contributed by atoms with van der Waals surface area (Å²) < 4.78 is 2.33. The number of piperidine rings is 1. The molecule has 1 aromatic carbocycles. The van der Waals surface area contributed by atoms with Gasteiger partial charge in [0.15, 0.2) is 0 Å². The first-order chi connectivity index (χ1) is 14.0. The minimum atomic E-state index is -0.483. The molecule has 3 saturated heterocycles. The SMILES string of the molecule is CC(C)n1c(N2CC3CN(C(=O)C4CCCNC4=O)CC3C2)nc2ccccc21. The van der Waals surface area contributed by atoms with Gasteiger partial charge in [-0.05, 0) is 38.8 Å². The molecule has 0 spiro atoms. The van der Waals surface area contributed by atoms with Gasteiger partial charge in [0.2, 0.25) is 17.8 Å². The van der Waals surface area contributed by atoms with Crippen molar-refractivity contribution in [2.45, 2.75) is 32.7 Å². The van der Waals surface area contributed by atoms with E-state index in [-0.39, 0.29) is 11.8 Å². The molecule has 5 rings (SSSR count). The standard InChI is InChI=1S/C22H29N5O2/c1-14(2)27-19-8-4-3-7-18(19)24-22(27)26-12-15-10-25(11-16(15)13-26)21(29)17-6-5-9-23-20(17)28/h3-4,7-8,14-17H,5-6,9-13H2,1-2H3,(H,23,28). The molecular weight excluding hydrogens is 366 g/mol. The number of aromatic nitrogens is 2. The summed E-state index contributed by atoms with van der Waals surface area (Å²) in [6.45, 7) is 8.44. The highest BCUT2D eigenvalue weighted by atomic mass is 16.2. The Labute approximate surface area is 171 Å². The van der Waals surface area contributed by atoms with Crippen LogP contribution in [0.3, 0.4) is 0 Å². The van der Waals surface area contributed by atoms with E-state index >= 15 is 0 Å². The molecule has 7 nitrogen and oxygen atoms in total. The quantitative estimate of drug-likeness (QED) is 0.808. The number of anilines is 1. The van der Waals surface area contributed by atoms with Gasteiger partial charge in [0, 0.05) is 50.6 Å². The number of nitrogens with one attached hydrogen (secondary N) is 1. The second kappa shape index (κ2) is 7.04. The number of rotatable bonds is 3. The molecule has 2 aromatic rings. The highest BCUT2D eigenvalue weighted by molar-refractivity contribution is 6.00. The van der Waals surface area contributed by atoms with E-state index in [0.717, 1.165) is 44.1 Å². The lowest BCUT2D eigenvalue weighted by Crippen LogP contribution is -2.46. The van der Waals surface area contributed by atoms with Crippen molar-refractivity contribution in [3.63, 3.8) is 0 Å². The molecule has 0 bridgehead atoms. The number of para-hydroxylation sites is 2. The predicted molar refractivity (Wildman–Crippen MR) is 112 cm³/mol. The number of fused-ring (bicyclic) bond motifs is 2. The van der Waals surface area contributed by atoms with Gasteiger partial charge in [-0.15, -0.1) is 0 Å². The Bertz CT molecular complexity index is 938. The molecule has 3 atom stereocenters. The van der Waals surface area contributed by atoms with Crippen LogP contribution in [0.15, 0.2) is 24.3 Å². The Balaban J connectivity index is 1.32. The van der Waals surface area contributed by atoms with Crippen molar-refractivity contribution in [1.82, 2.24) is 19.8 Å². The zero-order valence-electron chi connectivity index (χ0n) is 17.2. The first-order valence-electron chi connectivity index (χ1n) is 10.8. The van der Waals surface area contributed by atoms with E-state index in [1.54, 1.807) is 0 Å². The van der Waals surface area contributed by atoms with Gasteiger partial charge in [-0.1, -0.05) is 12.1 Å². The topological polar surface area (TPSA) is 70.5 Å². The highest BCUT2D eigenvalue weighted by Crippen LogP contribution is 2.36. The predicted octanol–water partition coefficient (Wildman–Crippen LogP) is 2.04. The summed E-state index contributed by atoms with van der Waals surface area (Å²) in [6.07, 6.45) is 1.57. The number of hydrogen-bond acceptors (Lipinski definition) is 4. The minimum absolute atomic E-state index is 0.0255. The summed E-state index contributed by atoms with van der Waals surface area (Å²) in [5, 5.41) is 2.84. The molecule has 2 amide bonds. The van der Waals surface area contributed by atoms with Gasteiger partial charge < -0.3 is 19.7 Å². The number of nitrogens with zero attached hydrogens (tertiary/aromatic N) is 4. The Morgan fingerprint density at radius 1 is 1.14 bits per heavy atom. The second-order valence-corrected chi connectivity index (χ2v) is 9.02. The lowest BCUT2D eigenvalue weighted by molar-refractivity contribution is -0.143. The Kier molecular flexibility index (Phi) is 4.48. The number of hydrogen-bond donors (Lipinski definition) is 1. The number of amides is 2. The van der Waals surface area contributed by atoms with E-state index < -0.39 is 5.92 Å². The maximum absolute atomic E-state index is 12.9. The molecule has 29 heavy (non-hydrogen) atoms. The van der Waals surface area contributed by atoms with E-state index in [1.807, 2.05) is 11.0 Å².